The van der Waals surface area contributed by atoms with Crippen LogP contribution in [0.3, 0.4) is 0 Å². The van der Waals surface area contributed by atoms with Crippen molar-refractivity contribution >= 4 is 0 Å². The highest BCUT2D eigenvalue weighted by atomic mass is 19.4. The van der Waals surface area contributed by atoms with Crippen molar-refractivity contribution < 1.29 is 13.2 Å². The van der Waals surface area contributed by atoms with Gasteiger partial charge in [-0.25, -0.2) is 0 Å². The van der Waals surface area contributed by atoms with Crippen molar-refractivity contribution in [1.29, 1.82) is 0 Å². The molecule has 1 heterocycles. The molecule has 1 fully saturated rings. The average Bonchev–Trinajstić information content (AvgIpc) is 2.11. The normalized spacial score (nSPS) is 28.0. The molecule has 0 bridgehead atoms. The molecule has 0 amide bonds. The van der Waals surface area contributed by atoms with Gasteiger partial charge in [0.15, 0.2) is 0 Å². The second-order valence-corrected chi connectivity index (χ2v) is 4.31. The van der Waals surface area contributed by atoms with Gasteiger partial charge in [-0.2, -0.15) is 13.2 Å². The van der Waals surface area contributed by atoms with Crippen LogP contribution in [-0.2, 0) is 0 Å². The first-order valence-corrected chi connectivity index (χ1v) is 5.48. The summed E-state index contributed by atoms with van der Waals surface area (Å²) in [4.78, 5) is 0. The number of nitrogens with one attached hydrogen (secondary N) is 2. The Morgan fingerprint density at radius 3 is 2.73 bits per heavy atom. The molecule has 2 N–H and O–H groups in total. The second kappa shape index (κ2) is 5.70. The standard InChI is InChI=1S/C10H19F3N2/c1-8-6-9(2-4-15-8)7-14-5-3-10(11,12)13/h8-9,14-15H,2-7H2,1H3. The largest absolute Gasteiger partial charge is 0.390 e. The second-order valence-electron chi connectivity index (χ2n) is 4.31. The van der Waals surface area contributed by atoms with E-state index < -0.39 is 12.6 Å². The number of hydrogen-bond donors (Lipinski definition) is 2. The Balaban J connectivity index is 2.04. The van der Waals surface area contributed by atoms with Crippen LogP contribution in [0.2, 0.25) is 0 Å². The van der Waals surface area contributed by atoms with E-state index in [1.165, 1.54) is 0 Å². The van der Waals surface area contributed by atoms with E-state index in [-0.39, 0.29) is 6.54 Å². The van der Waals surface area contributed by atoms with Gasteiger partial charge in [-0.3, -0.25) is 0 Å². The smallest absolute Gasteiger partial charge is 0.316 e. The molecule has 2 unspecified atom stereocenters. The molecule has 1 aliphatic heterocycles. The van der Waals surface area contributed by atoms with Crippen LogP contribution in [0.1, 0.15) is 26.2 Å². The molecule has 90 valence electrons. The third kappa shape index (κ3) is 5.99. The highest BCUT2D eigenvalue weighted by Gasteiger charge is 2.26. The number of alkyl halides is 3. The van der Waals surface area contributed by atoms with Gasteiger partial charge in [0.25, 0.3) is 0 Å². The average molecular weight is 224 g/mol. The Morgan fingerprint density at radius 2 is 2.13 bits per heavy atom. The van der Waals surface area contributed by atoms with Gasteiger partial charge < -0.3 is 10.6 Å². The number of hydrogen-bond acceptors (Lipinski definition) is 2. The van der Waals surface area contributed by atoms with Gasteiger partial charge in [-0.05, 0) is 38.8 Å². The van der Waals surface area contributed by atoms with Gasteiger partial charge in [-0.15, -0.1) is 0 Å². The predicted molar refractivity (Wildman–Crippen MR) is 53.7 cm³/mol. The fraction of sp³-hybridized carbons (Fsp3) is 1.00. The van der Waals surface area contributed by atoms with Crippen molar-refractivity contribution in [1.82, 2.24) is 10.6 Å². The Morgan fingerprint density at radius 1 is 1.40 bits per heavy atom. The fourth-order valence-electron chi connectivity index (χ4n) is 1.96. The molecule has 0 saturated carbocycles. The van der Waals surface area contributed by atoms with Gasteiger partial charge in [-0.1, -0.05) is 0 Å². The lowest BCUT2D eigenvalue weighted by Crippen LogP contribution is -2.39. The van der Waals surface area contributed by atoms with Crippen LogP contribution in [-0.4, -0.2) is 31.9 Å². The quantitative estimate of drug-likeness (QED) is 0.713. The minimum absolute atomic E-state index is 0.0435. The lowest BCUT2D eigenvalue weighted by molar-refractivity contribution is -0.133. The molecule has 0 aliphatic carbocycles. The summed E-state index contributed by atoms with van der Waals surface area (Å²) in [6, 6.07) is 0.494. The Labute approximate surface area is 88.6 Å². The zero-order valence-corrected chi connectivity index (χ0v) is 9.03. The molecule has 2 nitrogen and oxygen atoms in total. The molecule has 0 aromatic carbocycles. The first kappa shape index (κ1) is 12.8. The highest BCUT2D eigenvalue weighted by Crippen LogP contribution is 2.19. The molecule has 0 aromatic rings. The van der Waals surface area contributed by atoms with Crippen molar-refractivity contribution in [2.45, 2.75) is 38.4 Å². The van der Waals surface area contributed by atoms with Crippen LogP contribution in [0.25, 0.3) is 0 Å². The maximum absolute atomic E-state index is 11.8. The Bertz CT molecular complexity index is 182. The van der Waals surface area contributed by atoms with Crippen molar-refractivity contribution in [2.75, 3.05) is 19.6 Å². The Hall–Kier alpha value is -0.290. The lowest BCUT2D eigenvalue weighted by atomic mass is 9.93. The zero-order chi connectivity index (χ0) is 11.3. The van der Waals surface area contributed by atoms with E-state index in [4.69, 9.17) is 0 Å². The molecular weight excluding hydrogens is 205 g/mol. The van der Waals surface area contributed by atoms with Crippen LogP contribution >= 0.6 is 0 Å². The van der Waals surface area contributed by atoms with Crippen LogP contribution in [0, 0.1) is 5.92 Å². The van der Waals surface area contributed by atoms with Crippen molar-refractivity contribution in [2.24, 2.45) is 5.92 Å². The third-order valence-corrected chi connectivity index (χ3v) is 2.75. The van der Waals surface area contributed by atoms with Crippen LogP contribution in [0.5, 0.6) is 0 Å². The molecule has 2 atom stereocenters. The molecule has 15 heavy (non-hydrogen) atoms. The summed E-state index contributed by atoms with van der Waals surface area (Å²) in [7, 11) is 0. The molecule has 0 aromatic heterocycles. The van der Waals surface area contributed by atoms with E-state index in [2.05, 4.69) is 17.6 Å². The van der Waals surface area contributed by atoms with Crippen LogP contribution in [0.15, 0.2) is 0 Å². The summed E-state index contributed by atoms with van der Waals surface area (Å²) in [6.07, 6.45) is -2.65. The van der Waals surface area contributed by atoms with E-state index in [9.17, 15) is 13.2 Å². The first-order valence-electron chi connectivity index (χ1n) is 5.48. The molecule has 1 rings (SSSR count). The summed E-state index contributed by atoms with van der Waals surface area (Å²) in [5.41, 5.74) is 0. The maximum Gasteiger partial charge on any atom is 0.390 e. The maximum atomic E-state index is 11.8. The van der Waals surface area contributed by atoms with Crippen molar-refractivity contribution in [3.05, 3.63) is 0 Å². The van der Waals surface area contributed by atoms with Crippen molar-refractivity contribution in [3.63, 3.8) is 0 Å². The summed E-state index contributed by atoms with van der Waals surface area (Å²) in [6.45, 7) is 3.85. The fourth-order valence-corrected chi connectivity index (χ4v) is 1.96. The Kier molecular flexibility index (Phi) is 4.86. The first-order chi connectivity index (χ1) is 6.97. The molecule has 0 radical (unpaired) electrons. The minimum atomic E-state index is -4.03. The number of halogens is 3. The van der Waals surface area contributed by atoms with E-state index >= 15 is 0 Å². The van der Waals surface area contributed by atoms with E-state index in [1.807, 2.05) is 0 Å². The predicted octanol–water partition coefficient (Wildman–Crippen LogP) is 1.92. The topological polar surface area (TPSA) is 24.1 Å². The summed E-state index contributed by atoms with van der Waals surface area (Å²) in [5, 5.41) is 6.20. The number of rotatable bonds is 4. The molecule has 1 saturated heterocycles. The van der Waals surface area contributed by atoms with Crippen molar-refractivity contribution in [3.8, 4) is 0 Å². The van der Waals surface area contributed by atoms with Crippen LogP contribution < -0.4 is 10.6 Å². The minimum Gasteiger partial charge on any atom is -0.316 e. The summed E-state index contributed by atoms with van der Waals surface area (Å²) in [5.74, 6) is 0.523. The van der Waals surface area contributed by atoms with Gasteiger partial charge in [0.05, 0.1) is 6.42 Å². The molecule has 5 heteroatoms. The molecule has 1 aliphatic rings. The third-order valence-electron chi connectivity index (χ3n) is 2.75. The van der Waals surface area contributed by atoms with E-state index in [0.717, 1.165) is 19.4 Å². The van der Waals surface area contributed by atoms with Gasteiger partial charge in [0, 0.05) is 12.6 Å². The zero-order valence-electron chi connectivity index (χ0n) is 9.03. The van der Waals surface area contributed by atoms with Gasteiger partial charge in [0.2, 0.25) is 0 Å². The van der Waals surface area contributed by atoms with Crippen LogP contribution in [0.4, 0.5) is 13.2 Å². The SMILES string of the molecule is CC1CC(CNCCC(F)(F)F)CCN1. The summed E-state index contributed by atoms with van der Waals surface area (Å²) >= 11 is 0. The lowest BCUT2D eigenvalue weighted by Gasteiger charge is -2.28. The molecule has 0 spiro atoms. The van der Waals surface area contributed by atoms with Gasteiger partial charge in [0.1, 0.15) is 0 Å². The van der Waals surface area contributed by atoms with E-state index in [0.29, 0.717) is 18.5 Å². The molecular formula is C10H19F3N2. The monoisotopic (exact) mass is 224 g/mol. The van der Waals surface area contributed by atoms with Gasteiger partial charge >= 0.3 is 6.18 Å². The summed E-state index contributed by atoms with van der Waals surface area (Å²) < 4.78 is 35.5. The highest BCUT2D eigenvalue weighted by molar-refractivity contribution is 4.76. The number of piperidine rings is 1. The van der Waals surface area contributed by atoms with E-state index in [1.54, 1.807) is 0 Å².